The van der Waals surface area contributed by atoms with Gasteiger partial charge in [-0.1, -0.05) is 11.6 Å². The standard InChI is InChI=1S/C15H18ClN3O3/c16-11-2-3-13-17-12(6-14(21)19(13)7-11)8-18-5-1-4-15(22,9-18)10-20/h2-3,6-7,20,22H,1,4-5,8-10H2/t15-/m1/s1. The third-order valence-corrected chi connectivity index (χ3v) is 4.21. The minimum atomic E-state index is -1.06. The first-order chi connectivity index (χ1) is 10.5. The van der Waals surface area contributed by atoms with Crippen molar-refractivity contribution in [2.75, 3.05) is 19.7 Å². The Balaban J connectivity index is 1.85. The maximum Gasteiger partial charge on any atom is 0.258 e. The predicted octanol–water partition coefficient (Wildman–Crippen LogP) is 0.667. The second-order valence-electron chi connectivity index (χ2n) is 5.86. The summed E-state index contributed by atoms with van der Waals surface area (Å²) in [7, 11) is 0. The highest BCUT2D eigenvalue weighted by Gasteiger charge is 2.32. The lowest BCUT2D eigenvalue weighted by molar-refractivity contribution is -0.0689. The lowest BCUT2D eigenvalue weighted by atomic mass is 9.94. The Bertz CT molecular complexity index is 748. The predicted molar refractivity (Wildman–Crippen MR) is 83.0 cm³/mol. The van der Waals surface area contributed by atoms with Crippen molar-refractivity contribution < 1.29 is 10.2 Å². The molecule has 0 bridgehead atoms. The highest BCUT2D eigenvalue weighted by atomic mass is 35.5. The maximum atomic E-state index is 12.1. The lowest BCUT2D eigenvalue weighted by Crippen LogP contribution is -2.50. The number of nitrogens with zero attached hydrogens (tertiary/aromatic N) is 3. The quantitative estimate of drug-likeness (QED) is 0.868. The van der Waals surface area contributed by atoms with Gasteiger partial charge in [0.25, 0.3) is 5.56 Å². The average Bonchev–Trinajstić information content (AvgIpc) is 2.48. The Morgan fingerprint density at radius 3 is 3.00 bits per heavy atom. The number of rotatable bonds is 3. The Hall–Kier alpha value is -1.47. The fraction of sp³-hybridized carbons (Fsp3) is 0.467. The Morgan fingerprint density at radius 2 is 2.23 bits per heavy atom. The van der Waals surface area contributed by atoms with Crippen molar-refractivity contribution in [3.63, 3.8) is 0 Å². The van der Waals surface area contributed by atoms with Crippen LogP contribution in [0.3, 0.4) is 0 Å². The van der Waals surface area contributed by atoms with E-state index < -0.39 is 5.60 Å². The monoisotopic (exact) mass is 323 g/mol. The zero-order chi connectivity index (χ0) is 15.7. The molecule has 0 spiro atoms. The number of hydrogen-bond donors (Lipinski definition) is 2. The third kappa shape index (κ3) is 3.15. The molecule has 1 aliphatic rings. The van der Waals surface area contributed by atoms with Gasteiger partial charge in [0.15, 0.2) is 0 Å². The summed E-state index contributed by atoms with van der Waals surface area (Å²) in [6.07, 6.45) is 2.94. The molecule has 1 saturated heterocycles. The molecule has 2 N–H and O–H groups in total. The topological polar surface area (TPSA) is 78.1 Å². The van der Waals surface area contributed by atoms with Crippen molar-refractivity contribution in [2.45, 2.75) is 25.0 Å². The molecule has 3 rings (SSSR count). The van der Waals surface area contributed by atoms with Crippen molar-refractivity contribution in [3.8, 4) is 0 Å². The number of hydrogen-bond acceptors (Lipinski definition) is 5. The smallest absolute Gasteiger partial charge is 0.258 e. The van der Waals surface area contributed by atoms with Crippen molar-refractivity contribution in [3.05, 3.63) is 45.5 Å². The molecular weight excluding hydrogens is 306 g/mol. The summed E-state index contributed by atoms with van der Waals surface area (Å²) >= 11 is 5.89. The van der Waals surface area contributed by atoms with Gasteiger partial charge in [-0.15, -0.1) is 0 Å². The second kappa shape index (κ2) is 5.96. The van der Waals surface area contributed by atoms with E-state index in [0.717, 1.165) is 13.0 Å². The zero-order valence-electron chi connectivity index (χ0n) is 12.1. The second-order valence-corrected chi connectivity index (χ2v) is 6.29. The Labute approximate surface area is 132 Å². The first-order valence-corrected chi connectivity index (χ1v) is 7.60. The third-order valence-electron chi connectivity index (χ3n) is 3.99. The first kappa shape index (κ1) is 15.4. The molecule has 2 aromatic heterocycles. The van der Waals surface area contributed by atoms with Crippen molar-refractivity contribution in [2.24, 2.45) is 0 Å². The number of likely N-dealkylation sites (tertiary alicyclic amines) is 1. The molecule has 0 radical (unpaired) electrons. The van der Waals surface area contributed by atoms with Gasteiger partial charge in [-0.2, -0.15) is 0 Å². The van der Waals surface area contributed by atoms with Gasteiger partial charge >= 0.3 is 0 Å². The van der Waals surface area contributed by atoms with E-state index in [0.29, 0.717) is 35.9 Å². The van der Waals surface area contributed by atoms with Gasteiger partial charge < -0.3 is 10.2 Å². The summed E-state index contributed by atoms with van der Waals surface area (Å²) < 4.78 is 1.41. The van der Waals surface area contributed by atoms with Gasteiger partial charge in [0.05, 0.1) is 17.3 Å². The molecule has 1 fully saturated rings. The Kier molecular flexibility index (Phi) is 4.18. The summed E-state index contributed by atoms with van der Waals surface area (Å²) in [6.45, 7) is 1.40. The summed E-state index contributed by atoms with van der Waals surface area (Å²) in [5.41, 5.74) is -0.0507. The number of aliphatic hydroxyl groups is 2. The van der Waals surface area contributed by atoms with Crippen LogP contribution in [0.25, 0.3) is 5.65 Å². The number of halogens is 1. The average molecular weight is 324 g/mol. The summed E-state index contributed by atoms with van der Waals surface area (Å²) in [5, 5.41) is 20.0. The molecule has 0 saturated carbocycles. The summed E-state index contributed by atoms with van der Waals surface area (Å²) in [6, 6.07) is 4.88. The van der Waals surface area contributed by atoms with E-state index >= 15 is 0 Å². The molecule has 0 unspecified atom stereocenters. The normalized spacial score (nSPS) is 23.0. The fourth-order valence-corrected chi connectivity index (χ4v) is 3.07. The summed E-state index contributed by atoms with van der Waals surface area (Å²) in [5.74, 6) is 0. The molecule has 0 aromatic carbocycles. The highest BCUT2D eigenvalue weighted by Crippen LogP contribution is 2.21. The van der Waals surface area contributed by atoms with E-state index in [9.17, 15) is 15.0 Å². The van der Waals surface area contributed by atoms with Crippen LogP contribution in [0.5, 0.6) is 0 Å². The van der Waals surface area contributed by atoms with Crippen LogP contribution in [-0.4, -0.2) is 49.8 Å². The van der Waals surface area contributed by atoms with E-state index in [1.54, 1.807) is 18.3 Å². The molecule has 0 amide bonds. The summed E-state index contributed by atoms with van der Waals surface area (Å²) in [4.78, 5) is 18.6. The first-order valence-electron chi connectivity index (χ1n) is 7.23. The molecule has 22 heavy (non-hydrogen) atoms. The lowest BCUT2D eigenvalue weighted by Gasteiger charge is -2.37. The number of aliphatic hydroxyl groups excluding tert-OH is 1. The van der Waals surface area contributed by atoms with Crippen molar-refractivity contribution in [1.29, 1.82) is 0 Å². The van der Waals surface area contributed by atoms with E-state index in [1.165, 1.54) is 10.5 Å². The van der Waals surface area contributed by atoms with Crippen LogP contribution in [0.4, 0.5) is 0 Å². The van der Waals surface area contributed by atoms with Crippen molar-refractivity contribution >= 4 is 17.2 Å². The number of aromatic nitrogens is 2. The van der Waals surface area contributed by atoms with Crippen LogP contribution < -0.4 is 5.56 Å². The number of pyridine rings is 1. The number of piperidine rings is 1. The van der Waals surface area contributed by atoms with E-state index in [1.807, 2.05) is 4.90 Å². The highest BCUT2D eigenvalue weighted by molar-refractivity contribution is 6.30. The van der Waals surface area contributed by atoms with E-state index in [4.69, 9.17) is 11.6 Å². The SMILES string of the molecule is O=c1cc(CN2CCC[C@](O)(CO)C2)nc2ccc(Cl)cn12. The molecule has 7 heteroatoms. The van der Waals surface area contributed by atoms with Crippen LogP contribution >= 0.6 is 11.6 Å². The van der Waals surface area contributed by atoms with Crippen LogP contribution in [0.1, 0.15) is 18.5 Å². The van der Waals surface area contributed by atoms with Crippen LogP contribution in [0.15, 0.2) is 29.2 Å². The van der Waals surface area contributed by atoms with Gasteiger partial charge in [0.2, 0.25) is 0 Å². The van der Waals surface area contributed by atoms with E-state index in [2.05, 4.69) is 4.98 Å². The maximum absolute atomic E-state index is 12.1. The van der Waals surface area contributed by atoms with Gasteiger partial charge in [-0.3, -0.25) is 14.1 Å². The molecule has 2 aromatic rings. The zero-order valence-corrected chi connectivity index (χ0v) is 12.8. The molecule has 0 aliphatic carbocycles. The number of fused-ring (bicyclic) bond motifs is 1. The van der Waals surface area contributed by atoms with Crippen LogP contribution in [-0.2, 0) is 6.54 Å². The minimum Gasteiger partial charge on any atom is -0.393 e. The molecule has 1 atom stereocenters. The van der Waals surface area contributed by atoms with Crippen LogP contribution in [0, 0.1) is 0 Å². The molecular formula is C15H18ClN3O3. The molecule has 6 nitrogen and oxygen atoms in total. The van der Waals surface area contributed by atoms with Gasteiger partial charge in [-0.05, 0) is 31.5 Å². The van der Waals surface area contributed by atoms with Gasteiger partial charge in [0.1, 0.15) is 11.2 Å². The minimum absolute atomic E-state index is 0.183. The van der Waals surface area contributed by atoms with Gasteiger partial charge in [0, 0.05) is 25.4 Å². The fourth-order valence-electron chi connectivity index (χ4n) is 2.91. The molecule has 3 heterocycles. The van der Waals surface area contributed by atoms with Gasteiger partial charge in [-0.25, -0.2) is 4.98 Å². The van der Waals surface area contributed by atoms with Crippen molar-refractivity contribution in [1.82, 2.24) is 14.3 Å². The van der Waals surface area contributed by atoms with E-state index in [-0.39, 0.29) is 12.2 Å². The Morgan fingerprint density at radius 1 is 1.41 bits per heavy atom. The number of β-amino-alcohol motifs (C(OH)–C–C–N with tert-alkyl or cyclic N) is 1. The molecule has 1 aliphatic heterocycles. The largest absolute Gasteiger partial charge is 0.393 e. The molecule has 118 valence electrons. The van der Waals surface area contributed by atoms with Crippen LogP contribution in [0.2, 0.25) is 5.02 Å².